The molecule has 0 aliphatic carbocycles. The van der Waals surface area contributed by atoms with E-state index in [1.165, 1.54) is 0 Å². The lowest BCUT2D eigenvalue weighted by Crippen LogP contribution is -2.27. The molecule has 21 heavy (non-hydrogen) atoms. The number of nitrogens with one attached hydrogen (secondary N) is 2. The average molecular weight is 287 g/mol. The van der Waals surface area contributed by atoms with E-state index < -0.39 is 0 Å². The Bertz CT molecular complexity index is 635. The van der Waals surface area contributed by atoms with Crippen LogP contribution in [0.5, 0.6) is 0 Å². The van der Waals surface area contributed by atoms with Gasteiger partial charge in [-0.15, -0.1) is 0 Å². The van der Waals surface area contributed by atoms with Gasteiger partial charge in [0.1, 0.15) is 5.82 Å². The third-order valence-corrected chi connectivity index (χ3v) is 3.14. The molecule has 0 saturated heterocycles. The fourth-order valence-corrected chi connectivity index (χ4v) is 2.13. The van der Waals surface area contributed by atoms with E-state index in [1.807, 2.05) is 39.0 Å². The number of anilines is 1. The summed E-state index contributed by atoms with van der Waals surface area (Å²) in [6.45, 7) is 6.97. The molecular weight excluding hydrogens is 266 g/mol. The topological polar surface area (TPSA) is 73.9 Å². The fourth-order valence-electron chi connectivity index (χ4n) is 2.13. The third kappa shape index (κ3) is 3.59. The van der Waals surface area contributed by atoms with Crippen molar-refractivity contribution >= 4 is 11.6 Å². The molecule has 0 aliphatic heterocycles. The largest absolute Gasteiger partial charge is 0.385 e. The van der Waals surface area contributed by atoms with Crippen LogP contribution in [0.4, 0.5) is 5.69 Å². The molecule has 0 unspecified atom stereocenters. The second-order valence-electron chi connectivity index (χ2n) is 5.08. The number of hydrogen-bond donors (Lipinski definition) is 2. The van der Waals surface area contributed by atoms with Crippen molar-refractivity contribution in [3.05, 3.63) is 41.0 Å². The number of hydrogen-bond acceptors (Lipinski definition) is 4. The highest BCUT2D eigenvalue weighted by Crippen LogP contribution is 2.19. The van der Waals surface area contributed by atoms with Crippen molar-refractivity contribution in [2.75, 3.05) is 18.9 Å². The Kier molecular flexibility index (Phi) is 4.57. The van der Waals surface area contributed by atoms with Crippen LogP contribution in [-0.4, -0.2) is 39.6 Å². The normalized spacial score (nSPS) is 10.5. The van der Waals surface area contributed by atoms with Gasteiger partial charge in [0, 0.05) is 19.3 Å². The molecule has 1 aromatic heterocycles. The molecule has 1 amide bonds. The van der Waals surface area contributed by atoms with Crippen molar-refractivity contribution in [1.29, 1.82) is 0 Å². The summed E-state index contributed by atoms with van der Waals surface area (Å²) >= 11 is 0. The molecule has 6 heteroatoms. The number of H-pyrrole nitrogens is 1. The first-order chi connectivity index (χ1) is 10.0. The summed E-state index contributed by atoms with van der Waals surface area (Å²) in [6, 6.07) is 5.84. The maximum atomic E-state index is 12.6. The zero-order valence-electron chi connectivity index (χ0n) is 12.9. The lowest BCUT2D eigenvalue weighted by Gasteiger charge is -2.18. The Morgan fingerprint density at radius 2 is 2.14 bits per heavy atom. The van der Waals surface area contributed by atoms with Gasteiger partial charge in [-0.3, -0.25) is 9.89 Å². The van der Waals surface area contributed by atoms with Crippen LogP contribution in [0.1, 0.15) is 34.5 Å². The third-order valence-electron chi connectivity index (χ3n) is 3.14. The van der Waals surface area contributed by atoms with Crippen LogP contribution in [-0.2, 0) is 6.54 Å². The number of rotatable bonds is 5. The lowest BCUT2D eigenvalue weighted by molar-refractivity contribution is 0.0782. The van der Waals surface area contributed by atoms with Crippen molar-refractivity contribution in [2.24, 2.45) is 0 Å². The van der Waals surface area contributed by atoms with Crippen LogP contribution in [0, 0.1) is 13.8 Å². The molecule has 0 bridgehead atoms. The Labute approximate surface area is 124 Å². The number of amides is 1. The number of aryl methyl sites for hydroxylation is 2. The zero-order chi connectivity index (χ0) is 15.4. The monoisotopic (exact) mass is 287 g/mol. The van der Waals surface area contributed by atoms with Crippen molar-refractivity contribution in [2.45, 2.75) is 27.3 Å². The molecule has 0 radical (unpaired) electrons. The summed E-state index contributed by atoms with van der Waals surface area (Å²) in [5.41, 5.74) is 2.58. The van der Waals surface area contributed by atoms with Crippen LogP contribution in [0.15, 0.2) is 18.2 Å². The van der Waals surface area contributed by atoms with E-state index in [1.54, 1.807) is 11.9 Å². The van der Waals surface area contributed by atoms with E-state index in [4.69, 9.17) is 0 Å². The van der Waals surface area contributed by atoms with E-state index in [-0.39, 0.29) is 5.91 Å². The number of aromatic nitrogens is 3. The highest BCUT2D eigenvalue weighted by molar-refractivity contribution is 5.99. The molecule has 0 spiro atoms. The van der Waals surface area contributed by atoms with Gasteiger partial charge in [-0.05, 0) is 32.9 Å². The van der Waals surface area contributed by atoms with Crippen LogP contribution in [0.2, 0.25) is 0 Å². The molecule has 6 nitrogen and oxygen atoms in total. The van der Waals surface area contributed by atoms with Gasteiger partial charge < -0.3 is 10.2 Å². The minimum atomic E-state index is -0.0443. The molecule has 1 aromatic carbocycles. The van der Waals surface area contributed by atoms with Gasteiger partial charge in [-0.1, -0.05) is 11.6 Å². The van der Waals surface area contributed by atoms with Crippen molar-refractivity contribution in [3.8, 4) is 0 Å². The summed E-state index contributed by atoms with van der Waals surface area (Å²) in [7, 11) is 1.76. The Morgan fingerprint density at radius 3 is 2.76 bits per heavy atom. The average Bonchev–Trinajstić information content (AvgIpc) is 2.85. The number of benzene rings is 1. The van der Waals surface area contributed by atoms with E-state index in [2.05, 4.69) is 20.5 Å². The van der Waals surface area contributed by atoms with Gasteiger partial charge in [0.2, 0.25) is 0 Å². The van der Waals surface area contributed by atoms with Crippen LogP contribution < -0.4 is 5.32 Å². The maximum absolute atomic E-state index is 12.6. The van der Waals surface area contributed by atoms with Gasteiger partial charge in [0.05, 0.1) is 12.1 Å². The van der Waals surface area contributed by atoms with Crippen molar-refractivity contribution in [3.63, 3.8) is 0 Å². The first-order valence-corrected chi connectivity index (χ1v) is 6.99. The summed E-state index contributed by atoms with van der Waals surface area (Å²) in [6.07, 6.45) is 0. The van der Waals surface area contributed by atoms with Gasteiger partial charge in [-0.2, -0.15) is 5.10 Å². The summed E-state index contributed by atoms with van der Waals surface area (Å²) in [5.74, 6) is 1.31. The van der Waals surface area contributed by atoms with Gasteiger partial charge in [0.15, 0.2) is 5.82 Å². The molecular formula is C15H21N5O. The van der Waals surface area contributed by atoms with Crippen molar-refractivity contribution < 1.29 is 4.79 Å². The van der Waals surface area contributed by atoms with Crippen molar-refractivity contribution in [1.82, 2.24) is 20.1 Å². The van der Waals surface area contributed by atoms with E-state index in [0.717, 1.165) is 23.6 Å². The molecule has 0 aliphatic rings. The zero-order valence-corrected chi connectivity index (χ0v) is 12.9. The van der Waals surface area contributed by atoms with E-state index in [9.17, 15) is 4.79 Å². The highest BCUT2D eigenvalue weighted by atomic mass is 16.2. The summed E-state index contributed by atoms with van der Waals surface area (Å²) in [4.78, 5) is 18.5. The molecule has 112 valence electrons. The maximum Gasteiger partial charge on any atom is 0.256 e. The number of carbonyl (C=O) groups excluding carboxylic acids is 1. The first kappa shape index (κ1) is 15.0. The molecule has 2 rings (SSSR count). The van der Waals surface area contributed by atoms with Crippen LogP contribution in [0.25, 0.3) is 0 Å². The van der Waals surface area contributed by atoms with Gasteiger partial charge >= 0.3 is 0 Å². The Hall–Kier alpha value is -2.37. The molecule has 1 heterocycles. The fraction of sp³-hybridized carbons (Fsp3) is 0.400. The first-order valence-electron chi connectivity index (χ1n) is 6.99. The highest BCUT2D eigenvalue weighted by Gasteiger charge is 2.17. The van der Waals surface area contributed by atoms with Gasteiger partial charge in [0.25, 0.3) is 5.91 Å². The molecule has 2 N–H and O–H groups in total. The number of carbonyl (C=O) groups is 1. The van der Waals surface area contributed by atoms with E-state index in [0.29, 0.717) is 17.9 Å². The lowest BCUT2D eigenvalue weighted by atomic mass is 10.1. The molecule has 0 fully saturated rings. The summed E-state index contributed by atoms with van der Waals surface area (Å²) < 4.78 is 0. The van der Waals surface area contributed by atoms with Crippen LogP contribution >= 0.6 is 0 Å². The predicted molar refractivity (Wildman–Crippen MR) is 82.3 cm³/mol. The Morgan fingerprint density at radius 1 is 1.38 bits per heavy atom. The van der Waals surface area contributed by atoms with Crippen LogP contribution in [0.3, 0.4) is 0 Å². The second kappa shape index (κ2) is 6.39. The minimum absolute atomic E-state index is 0.0443. The predicted octanol–water partition coefficient (Wildman–Crippen LogP) is 2.13. The minimum Gasteiger partial charge on any atom is -0.385 e. The number of nitrogens with zero attached hydrogens (tertiary/aromatic N) is 3. The quantitative estimate of drug-likeness (QED) is 0.883. The SMILES string of the molecule is CCNc1ccc(C)cc1C(=O)N(C)Cc1n[nH]c(C)n1. The molecule has 0 atom stereocenters. The smallest absolute Gasteiger partial charge is 0.256 e. The summed E-state index contributed by atoms with van der Waals surface area (Å²) in [5, 5.41) is 10.1. The Balaban J connectivity index is 2.20. The van der Waals surface area contributed by atoms with E-state index >= 15 is 0 Å². The van der Waals surface area contributed by atoms with Gasteiger partial charge in [-0.25, -0.2) is 4.98 Å². The number of aromatic amines is 1. The second-order valence-corrected chi connectivity index (χ2v) is 5.08. The molecule has 0 saturated carbocycles. The standard InChI is InChI=1S/C15H21N5O/c1-5-16-13-7-6-10(2)8-12(13)15(21)20(4)9-14-17-11(3)18-19-14/h6-8,16H,5,9H2,1-4H3,(H,17,18,19). The molecule has 2 aromatic rings.